The molecule has 0 saturated heterocycles. The Kier molecular flexibility index (Phi) is 18.9. The minimum Gasteiger partial charge on any atom is -0.493 e. The van der Waals surface area contributed by atoms with E-state index in [1.54, 1.807) is 4.70 Å². The highest BCUT2D eigenvalue weighted by Gasteiger charge is 2.35. The molecule has 0 aliphatic carbocycles. The normalized spacial score (nSPS) is 13.4. The van der Waals surface area contributed by atoms with Gasteiger partial charge in [-0.05, 0) is 86.8 Å². The van der Waals surface area contributed by atoms with Gasteiger partial charge < -0.3 is 5.53 Å². The fourth-order valence-corrected chi connectivity index (χ4v) is 7.19. The van der Waals surface area contributed by atoms with E-state index in [-0.39, 0.29) is 0 Å². The van der Waals surface area contributed by atoms with Crippen molar-refractivity contribution >= 4 is 11.4 Å². The molecule has 0 fully saturated rings. The highest BCUT2D eigenvalue weighted by Crippen LogP contribution is 2.44. The van der Waals surface area contributed by atoms with E-state index in [0.29, 0.717) is 0 Å². The van der Waals surface area contributed by atoms with Crippen LogP contribution >= 0.6 is 0 Å². The lowest BCUT2D eigenvalue weighted by atomic mass is 9.91. The molecule has 46 heavy (non-hydrogen) atoms. The van der Waals surface area contributed by atoms with Crippen molar-refractivity contribution in [3.63, 3.8) is 0 Å². The van der Waals surface area contributed by atoms with E-state index < -0.39 is 0 Å². The molecular weight excluding hydrogens is 556 g/mol. The summed E-state index contributed by atoms with van der Waals surface area (Å²) in [4.78, 5) is 0. The van der Waals surface area contributed by atoms with Crippen LogP contribution in [0.25, 0.3) is 16.9 Å². The fraction of sp³-hybridized carbons (Fsp3) is 0.636. The van der Waals surface area contributed by atoms with Gasteiger partial charge in [-0.3, -0.25) is 0 Å². The summed E-state index contributed by atoms with van der Waals surface area (Å²) in [5, 5.41) is 0. The van der Waals surface area contributed by atoms with Gasteiger partial charge in [0.05, 0.1) is 0 Å². The Bertz CT molecular complexity index is 1220. The van der Waals surface area contributed by atoms with Crippen LogP contribution in [-0.4, -0.2) is 4.70 Å². The molecule has 254 valence electrons. The number of allylic oxidation sites excluding steroid dienone is 2. The molecular formula is C44H68N2. The molecule has 0 unspecified atom stereocenters. The average Bonchev–Trinajstić information content (AvgIpc) is 3.35. The Morgan fingerprint density at radius 3 is 1.17 bits per heavy atom. The molecule has 2 aromatic carbocycles. The lowest BCUT2D eigenvalue weighted by molar-refractivity contribution is -0.345. The Balaban J connectivity index is 1.88. The lowest BCUT2D eigenvalue weighted by Gasteiger charge is -2.12. The van der Waals surface area contributed by atoms with Gasteiger partial charge >= 0.3 is 0 Å². The first-order valence-corrected chi connectivity index (χ1v) is 19.8. The SMILES string of the molecule is CCCCCCCCC1=C(c2cccc(CCCCCCCC)c2)[N+](=[N-])C(c2cccc(CCCCCCCC)c2)=C1CCCC. The van der Waals surface area contributed by atoms with Gasteiger partial charge in [0.2, 0.25) is 11.4 Å². The van der Waals surface area contributed by atoms with Crippen molar-refractivity contribution in [2.45, 2.75) is 182 Å². The van der Waals surface area contributed by atoms with Crippen molar-refractivity contribution in [1.29, 1.82) is 0 Å². The summed E-state index contributed by atoms with van der Waals surface area (Å²) in [5.41, 5.74) is 22.2. The second kappa shape index (κ2) is 22.9. The molecule has 2 aromatic rings. The third-order valence-corrected chi connectivity index (χ3v) is 9.96. The van der Waals surface area contributed by atoms with E-state index in [0.717, 1.165) is 49.9 Å². The maximum absolute atomic E-state index is 12.2. The molecule has 0 spiro atoms. The summed E-state index contributed by atoms with van der Waals surface area (Å²) in [6, 6.07) is 18.2. The van der Waals surface area contributed by atoms with Gasteiger partial charge in [0.15, 0.2) is 0 Å². The Morgan fingerprint density at radius 1 is 0.413 bits per heavy atom. The third-order valence-electron chi connectivity index (χ3n) is 9.96. The molecule has 1 aliphatic rings. The molecule has 2 nitrogen and oxygen atoms in total. The van der Waals surface area contributed by atoms with E-state index >= 15 is 0 Å². The van der Waals surface area contributed by atoms with Crippen molar-refractivity contribution in [2.75, 3.05) is 0 Å². The maximum Gasteiger partial charge on any atom is 0.211 e. The summed E-state index contributed by atoms with van der Waals surface area (Å²) in [6.45, 7) is 9.15. The first kappa shape index (κ1) is 38.0. The molecule has 0 atom stereocenters. The second-order valence-electron chi connectivity index (χ2n) is 14.0. The van der Waals surface area contributed by atoms with Gasteiger partial charge in [0.1, 0.15) is 0 Å². The van der Waals surface area contributed by atoms with Gasteiger partial charge in [-0.2, -0.15) is 0 Å². The van der Waals surface area contributed by atoms with Crippen LogP contribution < -0.4 is 0 Å². The van der Waals surface area contributed by atoms with Crippen LogP contribution in [0, 0.1) is 0 Å². The molecule has 0 aromatic heterocycles. The molecule has 0 N–H and O–H groups in total. The Labute approximate surface area is 284 Å². The molecule has 0 saturated carbocycles. The molecule has 0 radical (unpaired) electrons. The summed E-state index contributed by atoms with van der Waals surface area (Å²) in [6.07, 6.45) is 30.2. The zero-order valence-electron chi connectivity index (χ0n) is 30.5. The molecule has 1 heterocycles. The van der Waals surface area contributed by atoms with Gasteiger partial charge in [-0.15, -0.1) is 0 Å². The zero-order chi connectivity index (χ0) is 32.8. The van der Waals surface area contributed by atoms with E-state index in [9.17, 15) is 5.53 Å². The minimum atomic E-state index is 1.02. The van der Waals surface area contributed by atoms with Gasteiger partial charge in [0, 0.05) is 22.3 Å². The molecule has 0 amide bonds. The monoisotopic (exact) mass is 625 g/mol. The van der Waals surface area contributed by atoms with Crippen LogP contribution in [0.2, 0.25) is 0 Å². The number of rotatable bonds is 26. The second-order valence-corrected chi connectivity index (χ2v) is 14.0. The van der Waals surface area contributed by atoms with Crippen molar-refractivity contribution < 1.29 is 4.70 Å². The summed E-state index contributed by atoms with van der Waals surface area (Å²) in [7, 11) is 0. The molecule has 3 rings (SSSR count). The average molecular weight is 625 g/mol. The van der Waals surface area contributed by atoms with Crippen LogP contribution in [0.4, 0.5) is 0 Å². The van der Waals surface area contributed by atoms with Crippen molar-refractivity contribution in [3.8, 4) is 0 Å². The standard InChI is InChI=1S/C44H68N2/c1-5-9-13-16-19-22-27-37-29-25-31-39(35-37)43-41(33-12-8-4)42(34-24-21-18-15-11-7-3)44(46(43)45)40-32-26-30-38(36-40)28-23-20-17-14-10-6-2/h25-26,29-32,35-36H,5-24,27-28,33-34H2,1-4H3. The van der Waals surface area contributed by atoms with Gasteiger partial charge in [-0.25, -0.2) is 4.70 Å². The zero-order valence-corrected chi connectivity index (χ0v) is 30.5. The quantitative estimate of drug-likeness (QED) is 0.0735. The summed E-state index contributed by atoms with van der Waals surface area (Å²) in [5.74, 6) is 0. The summed E-state index contributed by atoms with van der Waals surface area (Å²) < 4.78 is 1.60. The van der Waals surface area contributed by atoms with E-state index in [1.165, 1.54) is 149 Å². The Morgan fingerprint density at radius 2 is 0.761 bits per heavy atom. The molecule has 2 heteroatoms. The van der Waals surface area contributed by atoms with Crippen LogP contribution in [0.3, 0.4) is 0 Å². The highest BCUT2D eigenvalue weighted by atomic mass is 15.2. The predicted molar refractivity (Wildman–Crippen MR) is 202 cm³/mol. The smallest absolute Gasteiger partial charge is 0.211 e. The molecule has 0 bridgehead atoms. The molecule has 1 aliphatic heterocycles. The first-order chi connectivity index (χ1) is 22.6. The number of hydrogen-bond donors (Lipinski definition) is 0. The topological polar surface area (TPSA) is 25.3 Å². The Hall–Kier alpha value is -2.48. The number of nitrogens with zero attached hydrogens (tertiary/aromatic N) is 2. The van der Waals surface area contributed by atoms with Crippen molar-refractivity contribution in [2.24, 2.45) is 0 Å². The van der Waals surface area contributed by atoms with E-state index in [2.05, 4.69) is 76.2 Å². The maximum atomic E-state index is 12.2. The van der Waals surface area contributed by atoms with Gasteiger partial charge in [-0.1, -0.05) is 155 Å². The van der Waals surface area contributed by atoms with E-state index in [4.69, 9.17) is 0 Å². The van der Waals surface area contributed by atoms with Crippen molar-refractivity contribution in [3.05, 3.63) is 87.5 Å². The predicted octanol–water partition coefficient (Wildman–Crippen LogP) is 14.6. The number of aryl methyl sites for hydroxylation is 2. The van der Waals surface area contributed by atoms with Crippen LogP contribution in [0.15, 0.2) is 59.7 Å². The largest absolute Gasteiger partial charge is 0.493 e. The van der Waals surface area contributed by atoms with Gasteiger partial charge in [0.25, 0.3) is 0 Å². The minimum absolute atomic E-state index is 1.02. The lowest BCUT2D eigenvalue weighted by Crippen LogP contribution is -2.03. The van der Waals surface area contributed by atoms with Crippen molar-refractivity contribution in [1.82, 2.24) is 0 Å². The number of hydrogen-bond acceptors (Lipinski definition) is 0. The summed E-state index contributed by atoms with van der Waals surface area (Å²) >= 11 is 0. The van der Waals surface area contributed by atoms with Crippen LogP contribution in [0.5, 0.6) is 0 Å². The number of benzene rings is 2. The van der Waals surface area contributed by atoms with E-state index in [1.807, 2.05) is 0 Å². The fourth-order valence-electron chi connectivity index (χ4n) is 7.19. The van der Waals surface area contributed by atoms with Crippen LogP contribution in [0.1, 0.15) is 191 Å². The number of unbranched alkanes of at least 4 members (excludes halogenated alkanes) is 16. The van der Waals surface area contributed by atoms with Crippen LogP contribution in [-0.2, 0) is 12.8 Å². The first-order valence-electron chi connectivity index (χ1n) is 19.8. The third kappa shape index (κ3) is 12.6. The highest BCUT2D eigenvalue weighted by molar-refractivity contribution is 5.82.